The van der Waals surface area contributed by atoms with Crippen LogP contribution in [-0.4, -0.2) is 43.1 Å². The molecule has 0 spiro atoms. The number of hydrogen-bond donors (Lipinski definition) is 1. The molecule has 0 saturated carbocycles. The van der Waals surface area contributed by atoms with Gasteiger partial charge in [0.2, 0.25) is 0 Å². The van der Waals surface area contributed by atoms with E-state index in [1.165, 1.54) is 11.1 Å². The Balaban J connectivity index is 1.62. The number of guanidine groups is 1. The molecule has 1 N–H and O–H groups in total. The third-order valence-electron chi connectivity index (χ3n) is 4.04. The first kappa shape index (κ1) is 16.5. The van der Waals surface area contributed by atoms with Crippen LogP contribution in [0.1, 0.15) is 17.0 Å². The van der Waals surface area contributed by atoms with Gasteiger partial charge < -0.3 is 15.0 Å². The van der Waals surface area contributed by atoms with Crippen molar-refractivity contribution < 1.29 is 4.74 Å². The fraction of sp³-hybridized carbons (Fsp3) is 0.333. The van der Waals surface area contributed by atoms with E-state index in [4.69, 9.17) is 4.74 Å². The van der Waals surface area contributed by atoms with Crippen LogP contribution in [-0.2, 0) is 6.54 Å². The molecule has 2 heterocycles. The van der Waals surface area contributed by atoms with E-state index in [2.05, 4.69) is 38.4 Å². The molecule has 3 rings (SSSR count). The normalized spacial score (nSPS) is 15.2. The first-order chi connectivity index (χ1) is 11.8. The maximum atomic E-state index is 5.32. The van der Waals surface area contributed by atoms with Gasteiger partial charge in [0.15, 0.2) is 5.96 Å². The second-order valence-corrected chi connectivity index (χ2v) is 6.46. The molecular formula is C18H22N4OS. The maximum Gasteiger partial charge on any atom is 0.194 e. The van der Waals surface area contributed by atoms with Crippen molar-refractivity contribution in [2.75, 3.05) is 27.2 Å². The lowest BCUT2D eigenvalue weighted by Crippen LogP contribution is -2.43. The number of nitrogens with zero attached hydrogens (tertiary/aromatic N) is 3. The van der Waals surface area contributed by atoms with Crippen molar-refractivity contribution in [3.8, 4) is 5.75 Å². The van der Waals surface area contributed by atoms with Gasteiger partial charge in [0, 0.05) is 31.7 Å². The largest absolute Gasteiger partial charge is 0.497 e. The summed E-state index contributed by atoms with van der Waals surface area (Å²) in [6, 6.07) is 8.25. The summed E-state index contributed by atoms with van der Waals surface area (Å²) in [4.78, 5) is 11.0. The summed E-state index contributed by atoms with van der Waals surface area (Å²) in [6.45, 7) is 2.51. The molecule has 0 bridgehead atoms. The van der Waals surface area contributed by atoms with Gasteiger partial charge in [0.1, 0.15) is 10.8 Å². The van der Waals surface area contributed by atoms with Crippen molar-refractivity contribution in [1.82, 2.24) is 15.2 Å². The monoisotopic (exact) mass is 342 g/mol. The Morgan fingerprint density at radius 1 is 1.46 bits per heavy atom. The third-order valence-corrected chi connectivity index (χ3v) is 4.82. The average Bonchev–Trinajstić information content (AvgIpc) is 3.16. The van der Waals surface area contributed by atoms with E-state index >= 15 is 0 Å². The molecular weight excluding hydrogens is 320 g/mol. The smallest absolute Gasteiger partial charge is 0.194 e. The van der Waals surface area contributed by atoms with Crippen LogP contribution in [0.15, 0.2) is 46.9 Å². The molecule has 24 heavy (non-hydrogen) atoms. The molecule has 0 unspecified atom stereocenters. The summed E-state index contributed by atoms with van der Waals surface area (Å²) in [5.74, 6) is 1.82. The molecule has 0 radical (unpaired) electrons. The Bertz CT molecular complexity index is 724. The fourth-order valence-electron chi connectivity index (χ4n) is 2.77. The molecule has 0 atom stereocenters. The van der Waals surface area contributed by atoms with E-state index in [0.29, 0.717) is 6.54 Å². The van der Waals surface area contributed by atoms with Gasteiger partial charge in [-0.2, -0.15) is 0 Å². The molecule has 1 aromatic carbocycles. The van der Waals surface area contributed by atoms with Gasteiger partial charge in [-0.05, 0) is 29.7 Å². The topological polar surface area (TPSA) is 49.8 Å². The molecule has 0 aliphatic carbocycles. The van der Waals surface area contributed by atoms with Crippen LogP contribution in [0.25, 0.3) is 5.57 Å². The Kier molecular flexibility index (Phi) is 5.48. The highest BCUT2D eigenvalue weighted by Crippen LogP contribution is 2.25. The van der Waals surface area contributed by atoms with Crippen LogP contribution in [0, 0.1) is 0 Å². The van der Waals surface area contributed by atoms with E-state index in [1.807, 2.05) is 30.8 Å². The van der Waals surface area contributed by atoms with Crippen molar-refractivity contribution in [1.29, 1.82) is 0 Å². The molecule has 2 aromatic rings. The van der Waals surface area contributed by atoms with Crippen molar-refractivity contribution in [2.45, 2.75) is 13.0 Å². The van der Waals surface area contributed by atoms with Gasteiger partial charge in [-0.1, -0.05) is 18.2 Å². The van der Waals surface area contributed by atoms with E-state index in [9.17, 15) is 0 Å². The number of methoxy groups -OCH3 is 1. The molecule has 0 saturated heterocycles. The van der Waals surface area contributed by atoms with Gasteiger partial charge in [-0.25, -0.2) is 4.98 Å². The highest BCUT2D eigenvalue weighted by Gasteiger charge is 2.16. The zero-order valence-electron chi connectivity index (χ0n) is 14.0. The zero-order valence-corrected chi connectivity index (χ0v) is 14.8. The highest BCUT2D eigenvalue weighted by molar-refractivity contribution is 7.09. The number of thiazole rings is 1. The van der Waals surface area contributed by atoms with Crippen molar-refractivity contribution in [2.24, 2.45) is 4.99 Å². The fourth-order valence-corrected chi connectivity index (χ4v) is 3.33. The standard InChI is InChI=1S/C18H22N4OS/c1-19-18(21-13-17-20-8-11-24-17)22-9-6-14(7-10-22)15-4-3-5-16(12-15)23-2/h3-6,8,11-12H,7,9-10,13H2,1-2H3,(H,19,21). The Hall–Kier alpha value is -2.34. The quantitative estimate of drug-likeness (QED) is 0.685. The third kappa shape index (κ3) is 3.94. The first-order valence-electron chi connectivity index (χ1n) is 7.97. The predicted octanol–water partition coefficient (Wildman–Crippen LogP) is 3.02. The van der Waals surface area contributed by atoms with Gasteiger partial charge in [-0.15, -0.1) is 11.3 Å². The van der Waals surface area contributed by atoms with Crippen LogP contribution in [0.3, 0.4) is 0 Å². The number of aliphatic imine (C=N–C) groups is 1. The second-order valence-electron chi connectivity index (χ2n) is 5.48. The van der Waals surface area contributed by atoms with E-state index in [1.54, 1.807) is 18.4 Å². The summed E-state index contributed by atoms with van der Waals surface area (Å²) in [5.41, 5.74) is 2.60. The van der Waals surface area contributed by atoms with Crippen LogP contribution >= 0.6 is 11.3 Å². The molecule has 126 valence electrons. The Labute approximate surface area is 146 Å². The summed E-state index contributed by atoms with van der Waals surface area (Å²) in [7, 11) is 3.53. The van der Waals surface area contributed by atoms with Gasteiger partial charge >= 0.3 is 0 Å². The van der Waals surface area contributed by atoms with Crippen LogP contribution in [0.4, 0.5) is 0 Å². The number of ether oxygens (including phenoxy) is 1. The summed E-state index contributed by atoms with van der Waals surface area (Å²) in [6.07, 6.45) is 5.09. The minimum Gasteiger partial charge on any atom is -0.497 e. The molecule has 1 aromatic heterocycles. The minimum absolute atomic E-state index is 0.716. The number of benzene rings is 1. The molecule has 6 heteroatoms. The van der Waals surface area contributed by atoms with Crippen LogP contribution in [0.5, 0.6) is 5.75 Å². The molecule has 0 fully saturated rings. The minimum atomic E-state index is 0.716. The molecule has 0 amide bonds. The lowest BCUT2D eigenvalue weighted by Gasteiger charge is -2.29. The van der Waals surface area contributed by atoms with E-state index < -0.39 is 0 Å². The van der Waals surface area contributed by atoms with Crippen LogP contribution in [0.2, 0.25) is 0 Å². The van der Waals surface area contributed by atoms with Crippen LogP contribution < -0.4 is 10.1 Å². The zero-order chi connectivity index (χ0) is 16.8. The highest BCUT2D eigenvalue weighted by atomic mass is 32.1. The van der Waals surface area contributed by atoms with Crippen molar-refractivity contribution in [3.05, 3.63) is 52.5 Å². The molecule has 1 aliphatic rings. The number of nitrogens with one attached hydrogen (secondary N) is 1. The number of aromatic nitrogens is 1. The lowest BCUT2D eigenvalue weighted by molar-refractivity contribution is 0.414. The van der Waals surface area contributed by atoms with E-state index in [0.717, 1.165) is 36.2 Å². The van der Waals surface area contributed by atoms with Crippen molar-refractivity contribution in [3.63, 3.8) is 0 Å². The van der Waals surface area contributed by atoms with Crippen molar-refractivity contribution >= 4 is 22.9 Å². The second kappa shape index (κ2) is 7.97. The lowest BCUT2D eigenvalue weighted by atomic mass is 9.99. The SMILES string of the molecule is CN=C(NCc1nccs1)N1CC=C(c2cccc(OC)c2)CC1. The molecule has 1 aliphatic heterocycles. The Morgan fingerprint density at radius 2 is 2.38 bits per heavy atom. The summed E-state index contributed by atoms with van der Waals surface area (Å²) >= 11 is 1.65. The number of rotatable bonds is 4. The van der Waals surface area contributed by atoms with E-state index in [-0.39, 0.29) is 0 Å². The summed E-state index contributed by atoms with van der Waals surface area (Å²) in [5, 5.41) is 6.45. The van der Waals surface area contributed by atoms with Gasteiger partial charge in [-0.3, -0.25) is 4.99 Å². The predicted molar refractivity (Wildman–Crippen MR) is 99.5 cm³/mol. The van der Waals surface area contributed by atoms with Gasteiger partial charge in [0.05, 0.1) is 13.7 Å². The van der Waals surface area contributed by atoms with Gasteiger partial charge in [0.25, 0.3) is 0 Å². The summed E-state index contributed by atoms with van der Waals surface area (Å²) < 4.78 is 5.32. The maximum absolute atomic E-state index is 5.32. The first-order valence-corrected chi connectivity index (χ1v) is 8.85. The molecule has 5 nitrogen and oxygen atoms in total. The Morgan fingerprint density at radius 3 is 3.04 bits per heavy atom. The average molecular weight is 342 g/mol. The number of hydrogen-bond acceptors (Lipinski definition) is 4.